The van der Waals surface area contributed by atoms with Crippen molar-refractivity contribution in [2.24, 2.45) is 10.9 Å². The van der Waals surface area contributed by atoms with E-state index in [1.165, 1.54) is 27.8 Å². The molecule has 126 valence electrons. The lowest BCUT2D eigenvalue weighted by atomic mass is 9.78. The first-order valence-electron chi connectivity index (χ1n) is 8.81. The van der Waals surface area contributed by atoms with E-state index in [1.807, 2.05) is 6.34 Å². The molecule has 1 unspecified atom stereocenters. The van der Waals surface area contributed by atoms with Crippen LogP contribution in [0.5, 0.6) is 0 Å². The predicted molar refractivity (Wildman–Crippen MR) is 103 cm³/mol. The molecule has 0 fully saturated rings. The molecule has 0 amide bonds. The highest BCUT2D eigenvalue weighted by Gasteiger charge is 2.38. The van der Waals surface area contributed by atoms with Gasteiger partial charge in [-0.15, -0.1) is 0 Å². The minimum atomic E-state index is -0.194. The number of benzene rings is 2. The highest BCUT2D eigenvalue weighted by Crippen LogP contribution is 2.45. The van der Waals surface area contributed by atoms with Crippen LogP contribution in [0, 0.1) is 19.8 Å². The fourth-order valence-electron chi connectivity index (χ4n) is 3.79. The Bertz CT molecular complexity index is 789. The van der Waals surface area contributed by atoms with E-state index < -0.39 is 0 Å². The van der Waals surface area contributed by atoms with Gasteiger partial charge >= 0.3 is 0 Å². The molecule has 1 heterocycles. The fraction of sp³-hybridized carbons (Fsp3) is 0.409. The Balaban J connectivity index is 2.24. The first-order valence-corrected chi connectivity index (χ1v) is 8.81. The number of hydrogen-bond acceptors (Lipinski definition) is 2. The summed E-state index contributed by atoms with van der Waals surface area (Å²) >= 11 is 0. The van der Waals surface area contributed by atoms with Crippen LogP contribution in [0.1, 0.15) is 48.6 Å². The second kappa shape index (κ2) is 6.08. The van der Waals surface area contributed by atoms with Gasteiger partial charge < -0.3 is 4.90 Å². The van der Waals surface area contributed by atoms with Gasteiger partial charge in [0.25, 0.3) is 0 Å². The van der Waals surface area contributed by atoms with Gasteiger partial charge in [0.2, 0.25) is 0 Å². The molecule has 2 aromatic carbocycles. The molecular weight excluding hydrogens is 292 g/mol. The summed E-state index contributed by atoms with van der Waals surface area (Å²) in [4.78, 5) is 7.05. The zero-order valence-electron chi connectivity index (χ0n) is 15.7. The minimum Gasteiger partial charge on any atom is -0.352 e. The summed E-state index contributed by atoms with van der Waals surface area (Å²) in [6, 6.07) is 13.4. The number of aliphatic imine (C=N–C) groups is 1. The van der Waals surface area contributed by atoms with Crippen molar-refractivity contribution in [1.82, 2.24) is 4.90 Å². The van der Waals surface area contributed by atoms with Gasteiger partial charge in [0.05, 0.1) is 17.6 Å². The zero-order chi connectivity index (χ0) is 17.5. The van der Waals surface area contributed by atoms with Crippen molar-refractivity contribution in [1.29, 1.82) is 0 Å². The summed E-state index contributed by atoms with van der Waals surface area (Å²) in [5, 5.41) is 0. The molecule has 2 aromatic rings. The fourth-order valence-corrected chi connectivity index (χ4v) is 3.79. The molecule has 1 atom stereocenters. The Morgan fingerprint density at radius 1 is 1.08 bits per heavy atom. The van der Waals surface area contributed by atoms with Crippen molar-refractivity contribution in [2.75, 3.05) is 7.05 Å². The van der Waals surface area contributed by atoms with Gasteiger partial charge in [-0.2, -0.15) is 0 Å². The average Bonchev–Trinajstić information content (AvgIpc) is 2.53. The monoisotopic (exact) mass is 320 g/mol. The lowest BCUT2D eigenvalue weighted by molar-refractivity contribution is 0.290. The molecule has 1 aliphatic rings. The molecule has 3 rings (SSSR count). The number of fused-ring (bicyclic) bond motifs is 1. The smallest absolute Gasteiger partial charge is 0.0919 e. The van der Waals surface area contributed by atoms with E-state index in [-0.39, 0.29) is 5.54 Å². The second-order valence-corrected chi connectivity index (χ2v) is 7.66. The molecular formula is C22H28N2. The Hall–Kier alpha value is -2.09. The van der Waals surface area contributed by atoms with Crippen molar-refractivity contribution in [3.05, 3.63) is 64.2 Å². The van der Waals surface area contributed by atoms with Crippen LogP contribution in [0.2, 0.25) is 0 Å². The van der Waals surface area contributed by atoms with Crippen LogP contribution in [0.3, 0.4) is 0 Å². The van der Waals surface area contributed by atoms with Crippen LogP contribution in [0.4, 0.5) is 5.69 Å². The maximum Gasteiger partial charge on any atom is 0.0919 e. The van der Waals surface area contributed by atoms with E-state index in [4.69, 9.17) is 4.99 Å². The van der Waals surface area contributed by atoms with Gasteiger partial charge in [-0.25, -0.2) is 4.99 Å². The van der Waals surface area contributed by atoms with E-state index in [0.29, 0.717) is 5.92 Å². The van der Waals surface area contributed by atoms with Crippen molar-refractivity contribution >= 4 is 12.0 Å². The number of hydrogen-bond donors (Lipinski definition) is 0. The standard InChI is InChI=1S/C22H28N2/c1-15(2)12-18-8-7-9-19-21(18)23-14-24(6)22(19,5)20-13-16(3)10-11-17(20)4/h7-11,13-15H,12H2,1-6H3. The van der Waals surface area contributed by atoms with Crippen LogP contribution < -0.4 is 0 Å². The lowest BCUT2D eigenvalue weighted by Crippen LogP contribution is -2.44. The number of nitrogens with zero attached hydrogens (tertiary/aromatic N) is 2. The predicted octanol–water partition coefficient (Wildman–Crippen LogP) is 5.37. The van der Waals surface area contributed by atoms with Crippen LogP contribution in [0.15, 0.2) is 41.4 Å². The largest absolute Gasteiger partial charge is 0.352 e. The molecule has 0 saturated heterocycles. The molecule has 0 aromatic heterocycles. The normalized spacial score (nSPS) is 19.7. The molecule has 0 radical (unpaired) electrons. The molecule has 0 spiro atoms. The second-order valence-electron chi connectivity index (χ2n) is 7.66. The van der Waals surface area contributed by atoms with Gasteiger partial charge in [-0.05, 0) is 49.8 Å². The third kappa shape index (κ3) is 2.64. The Morgan fingerprint density at radius 3 is 2.54 bits per heavy atom. The van der Waals surface area contributed by atoms with Gasteiger partial charge in [0.1, 0.15) is 0 Å². The molecule has 0 bridgehead atoms. The van der Waals surface area contributed by atoms with Crippen molar-refractivity contribution in [2.45, 2.75) is 46.6 Å². The maximum absolute atomic E-state index is 4.80. The zero-order valence-corrected chi connectivity index (χ0v) is 15.7. The maximum atomic E-state index is 4.80. The van der Waals surface area contributed by atoms with E-state index in [0.717, 1.165) is 12.1 Å². The van der Waals surface area contributed by atoms with E-state index in [1.54, 1.807) is 0 Å². The average molecular weight is 320 g/mol. The van der Waals surface area contributed by atoms with Crippen molar-refractivity contribution in [3.63, 3.8) is 0 Å². The van der Waals surface area contributed by atoms with E-state index in [2.05, 4.69) is 83.0 Å². The first kappa shape index (κ1) is 16.8. The quantitative estimate of drug-likeness (QED) is 0.742. The number of para-hydroxylation sites is 1. The summed E-state index contributed by atoms with van der Waals surface area (Å²) in [7, 11) is 2.13. The Morgan fingerprint density at radius 2 is 1.83 bits per heavy atom. The van der Waals surface area contributed by atoms with Gasteiger partial charge in [0, 0.05) is 12.6 Å². The summed E-state index contributed by atoms with van der Waals surface area (Å²) in [6.07, 6.45) is 3.06. The summed E-state index contributed by atoms with van der Waals surface area (Å²) in [5.41, 5.74) is 7.60. The number of rotatable bonds is 3. The summed E-state index contributed by atoms with van der Waals surface area (Å²) in [6.45, 7) is 11.2. The third-order valence-corrected chi connectivity index (χ3v) is 5.26. The molecule has 2 nitrogen and oxygen atoms in total. The van der Waals surface area contributed by atoms with Crippen molar-refractivity contribution < 1.29 is 0 Å². The van der Waals surface area contributed by atoms with Gasteiger partial charge in [-0.3, -0.25) is 0 Å². The van der Waals surface area contributed by atoms with Gasteiger partial charge in [0.15, 0.2) is 0 Å². The molecule has 2 heteroatoms. The topological polar surface area (TPSA) is 15.6 Å². The van der Waals surface area contributed by atoms with E-state index >= 15 is 0 Å². The van der Waals surface area contributed by atoms with Crippen LogP contribution in [-0.4, -0.2) is 18.3 Å². The first-order chi connectivity index (χ1) is 11.3. The SMILES string of the molecule is Cc1ccc(C)c(C2(C)c3cccc(CC(C)C)c3N=CN2C)c1. The highest BCUT2D eigenvalue weighted by molar-refractivity contribution is 5.74. The van der Waals surface area contributed by atoms with E-state index in [9.17, 15) is 0 Å². The highest BCUT2D eigenvalue weighted by atomic mass is 15.2. The lowest BCUT2D eigenvalue weighted by Gasteiger charge is -2.43. The summed E-state index contributed by atoms with van der Waals surface area (Å²) < 4.78 is 0. The molecule has 0 N–H and O–H groups in total. The van der Waals surface area contributed by atoms with Gasteiger partial charge in [-0.1, -0.05) is 55.8 Å². The van der Waals surface area contributed by atoms with Crippen LogP contribution in [-0.2, 0) is 12.0 Å². The summed E-state index contributed by atoms with van der Waals surface area (Å²) in [5.74, 6) is 0.623. The van der Waals surface area contributed by atoms with Crippen LogP contribution in [0.25, 0.3) is 0 Å². The van der Waals surface area contributed by atoms with Crippen LogP contribution >= 0.6 is 0 Å². The Labute approximate surface area is 146 Å². The molecule has 0 saturated carbocycles. The molecule has 0 aliphatic carbocycles. The molecule has 1 aliphatic heterocycles. The minimum absolute atomic E-state index is 0.194. The Kier molecular flexibility index (Phi) is 4.25. The third-order valence-electron chi connectivity index (χ3n) is 5.26. The number of aryl methyl sites for hydroxylation is 2. The molecule has 24 heavy (non-hydrogen) atoms. The van der Waals surface area contributed by atoms with Crippen molar-refractivity contribution in [3.8, 4) is 0 Å².